The van der Waals surface area contributed by atoms with Gasteiger partial charge in [-0.2, -0.15) is 0 Å². The molecule has 106 valence electrons. The molecule has 0 spiro atoms. The van der Waals surface area contributed by atoms with Gasteiger partial charge < -0.3 is 14.8 Å². The Morgan fingerprint density at radius 1 is 1.26 bits per heavy atom. The lowest BCUT2D eigenvalue weighted by atomic mass is 10.1. The smallest absolute Gasteiger partial charge is 0.407 e. The molecule has 5 heteroatoms. The SMILES string of the molecule is CO[C@@H](c1ccccc1Cl)[C@H](C)OC(=O)NC(C)C. The second-order valence-electron chi connectivity index (χ2n) is 4.59. The Morgan fingerprint density at radius 3 is 2.42 bits per heavy atom. The minimum atomic E-state index is -0.461. The molecule has 0 fully saturated rings. The molecule has 0 bridgehead atoms. The summed E-state index contributed by atoms with van der Waals surface area (Å²) in [5.41, 5.74) is 0.802. The van der Waals surface area contributed by atoms with Gasteiger partial charge in [-0.15, -0.1) is 0 Å². The highest BCUT2D eigenvalue weighted by Crippen LogP contribution is 2.28. The van der Waals surface area contributed by atoms with E-state index in [0.717, 1.165) is 5.56 Å². The van der Waals surface area contributed by atoms with E-state index in [9.17, 15) is 4.79 Å². The number of methoxy groups -OCH3 is 1. The molecule has 0 saturated heterocycles. The van der Waals surface area contributed by atoms with E-state index in [0.29, 0.717) is 5.02 Å². The largest absolute Gasteiger partial charge is 0.443 e. The van der Waals surface area contributed by atoms with Crippen LogP contribution < -0.4 is 5.32 Å². The molecule has 0 unspecified atom stereocenters. The summed E-state index contributed by atoms with van der Waals surface area (Å²) in [5.74, 6) is 0. The fourth-order valence-corrected chi connectivity index (χ4v) is 2.02. The molecule has 1 amide bonds. The van der Waals surface area contributed by atoms with Crippen LogP contribution in [0, 0.1) is 0 Å². The minimum absolute atomic E-state index is 0.0287. The first-order chi connectivity index (χ1) is 8.95. The average molecular weight is 286 g/mol. The molecule has 0 radical (unpaired) electrons. The molecule has 1 N–H and O–H groups in total. The van der Waals surface area contributed by atoms with Crippen molar-refractivity contribution in [2.45, 2.75) is 39.0 Å². The molecule has 0 aromatic heterocycles. The number of amides is 1. The van der Waals surface area contributed by atoms with Crippen LogP contribution in [-0.2, 0) is 9.47 Å². The summed E-state index contributed by atoms with van der Waals surface area (Å²) in [5, 5.41) is 3.26. The van der Waals surface area contributed by atoms with Gasteiger partial charge in [0.15, 0.2) is 0 Å². The van der Waals surface area contributed by atoms with Crippen molar-refractivity contribution in [3.05, 3.63) is 34.9 Å². The van der Waals surface area contributed by atoms with Crippen molar-refractivity contribution in [1.29, 1.82) is 0 Å². The summed E-state index contributed by atoms with van der Waals surface area (Å²) in [4.78, 5) is 11.6. The van der Waals surface area contributed by atoms with Crippen molar-refractivity contribution in [1.82, 2.24) is 5.32 Å². The number of alkyl carbamates (subject to hydrolysis) is 1. The van der Waals surface area contributed by atoms with Crippen LogP contribution in [0.3, 0.4) is 0 Å². The number of carbonyl (C=O) groups excluding carboxylic acids is 1. The van der Waals surface area contributed by atoms with Gasteiger partial charge in [0.05, 0.1) is 0 Å². The molecule has 1 rings (SSSR count). The van der Waals surface area contributed by atoms with E-state index in [1.54, 1.807) is 20.1 Å². The molecule has 0 aliphatic heterocycles. The summed E-state index contributed by atoms with van der Waals surface area (Å²) < 4.78 is 10.7. The number of nitrogens with one attached hydrogen (secondary N) is 1. The van der Waals surface area contributed by atoms with Crippen molar-refractivity contribution in [2.75, 3.05) is 7.11 Å². The van der Waals surface area contributed by atoms with E-state index in [1.165, 1.54) is 0 Å². The summed E-state index contributed by atoms with van der Waals surface area (Å²) in [6.07, 6.45) is -1.30. The van der Waals surface area contributed by atoms with Gasteiger partial charge in [-0.3, -0.25) is 0 Å². The molecular formula is C14H20ClNO3. The number of rotatable bonds is 5. The Bertz CT molecular complexity index is 423. The van der Waals surface area contributed by atoms with E-state index < -0.39 is 18.3 Å². The predicted molar refractivity (Wildman–Crippen MR) is 75.4 cm³/mol. The lowest BCUT2D eigenvalue weighted by Gasteiger charge is -2.24. The highest BCUT2D eigenvalue weighted by atomic mass is 35.5. The Morgan fingerprint density at radius 2 is 1.89 bits per heavy atom. The maximum absolute atomic E-state index is 11.6. The number of benzene rings is 1. The second kappa shape index (κ2) is 7.36. The van der Waals surface area contributed by atoms with E-state index in [1.807, 2.05) is 32.0 Å². The molecule has 0 aliphatic carbocycles. The molecule has 4 nitrogen and oxygen atoms in total. The quantitative estimate of drug-likeness (QED) is 0.900. The fraction of sp³-hybridized carbons (Fsp3) is 0.500. The number of hydrogen-bond acceptors (Lipinski definition) is 3. The summed E-state index contributed by atoms with van der Waals surface area (Å²) in [6.45, 7) is 5.51. The minimum Gasteiger partial charge on any atom is -0.443 e. The van der Waals surface area contributed by atoms with Crippen molar-refractivity contribution in [2.24, 2.45) is 0 Å². The summed E-state index contributed by atoms with van der Waals surface area (Å²) in [6, 6.07) is 7.38. The lowest BCUT2D eigenvalue weighted by molar-refractivity contribution is -0.0152. The highest BCUT2D eigenvalue weighted by Gasteiger charge is 2.24. The van der Waals surface area contributed by atoms with Gasteiger partial charge in [-0.25, -0.2) is 4.79 Å². The zero-order chi connectivity index (χ0) is 14.4. The third-order valence-electron chi connectivity index (χ3n) is 2.59. The molecule has 19 heavy (non-hydrogen) atoms. The van der Waals surface area contributed by atoms with Crippen LogP contribution >= 0.6 is 11.6 Å². The summed E-state index contributed by atoms with van der Waals surface area (Å²) >= 11 is 6.13. The van der Waals surface area contributed by atoms with Crippen LogP contribution in [0.2, 0.25) is 5.02 Å². The van der Waals surface area contributed by atoms with Crippen molar-refractivity contribution in [3.63, 3.8) is 0 Å². The van der Waals surface area contributed by atoms with Gasteiger partial charge in [0.2, 0.25) is 0 Å². The highest BCUT2D eigenvalue weighted by molar-refractivity contribution is 6.31. The first-order valence-corrected chi connectivity index (χ1v) is 6.57. The van der Waals surface area contributed by atoms with E-state index in [4.69, 9.17) is 21.1 Å². The van der Waals surface area contributed by atoms with Crippen LogP contribution in [0.4, 0.5) is 4.79 Å². The zero-order valence-electron chi connectivity index (χ0n) is 11.6. The zero-order valence-corrected chi connectivity index (χ0v) is 12.4. The number of carbonyl (C=O) groups is 1. The normalized spacial score (nSPS) is 14.0. The monoisotopic (exact) mass is 285 g/mol. The van der Waals surface area contributed by atoms with Crippen molar-refractivity contribution in [3.8, 4) is 0 Å². The lowest BCUT2D eigenvalue weighted by Crippen LogP contribution is -2.35. The van der Waals surface area contributed by atoms with Gasteiger partial charge in [-0.05, 0) is 26.8 Å². The first-order valence-electron chi connectivity index (χ1n) is 6.20. The Hall–Kier alpha value is -1.26. The number of ether oxygens (including phenoxy) is 2. The van der Waals surface area contributed by atoms with E-state index in [2.05, 4.69) is 5.32 Å². The average Bonchev–Trinajstić information content (AvgIpc) is 2.31. The number of hydrogen-bond donors (Lipinski definition) is 1. The van der Waals surface area contributed by atoms with Crippen molar-refractivity contribution >= 4 is 17.7 Å². The second-order valence-corrected chi connectivity index (χ2v) is 4.99. The standard InChI is InChI=1S/C14H20ClNO3/c1-9(2)16-14(17)19-10(3)13(18-4)11-7-5-6-8-12(11)15/h5-10,13H,1-4H3,(H,16,17)/t10-,13+/m0/s1. The summed E-state index contributed by atoms with van der Waals surface area (Å²) in [7, 11) is 1.56. The fourth-order valence-electron chi connectivity index (χ4n) is 1.78. The Kier molecular flexibility index (Phi) is 6.12. The Balaban J connectivity index is 2.75. The molecular weight excluding hydrogens is 266 g/mol. The van der Waals surface area contributed by atoms with Gasteiger partial charge >= 0.3 is 6.09 Å². The van der Waals surface area contributed by atoms with E-state index in [-0.39, 0.29) is 6.04 Å². The molecule has 2 atom stereocenters. The molecule has 0 aliphatic rings. The van der Waals surface area contributed by atoms with E-state index >= 15 is 0 Å². The van der Waals surface area contributed by atoms with Gasteiger partial charge in [-0.1, -0.05) is 29.8 Å². The maximum Gasteiger partial charge on any atom is 0.407 e. The molecule has 1 aromatic rings. The molecule has 0 heterocycles. The third-order valence-corrected chi connectivity index (χ3v) is 2.94. The Labute approximate surface area is 119 Å². The van der Waals surface area contributed by atoms with Gasteiger partial charge in [0.1, 0.15) is 12.2 Å². The molecule has 1 aromatic carbocycles. The van der Waals surface area contributed by atoms with Crippen molar-refractivity contribution < 1.29 is 14.3 Å². The maximum atomic E-state index is 11.6. The first kappa shape index (κ1) is 15.8. The van der Waals surface area contributed by atoms with Crippen LogP contribution in [0.25, 0.3) is 0 Å². The van der Waals surface area contributed by atoms with Gasteiger partial charge in [0.25, 0.3) is 0 Å². The molecule has 0 saturated carbocycles. The topological polar surface area (TPSA) is 47.6 Å². The van der Waals surface area contributed by atoms with Crippen LogP contribution in [0.5, 0.6) is 0 Å². The van der Waals surface area contributed by atoms with Crippen LogP contribution in [0.1, 0.15) is 32.4 Å². The van der Waals surface area contributed by atoms with Crippen LogP contribution in [0.15, 0.2) is 24.3 Å². The third kappa shape index (κ3) is 4.73. The number of halogens is 1. The van der Waals surface area contributed by atoms with Crippen LogP contribution in [-0.4, -0.2) is 25.3 Å². The predicted octanol–water partition coefficient (Wildman–Crippen LogP) is 3.55. The van der Waals surface area contributed by atoms with Gasteiger partial charge in [0, 0.05) is 23.7 Å².